The first-order chi connectivity index (χ1) is 8.63. The van der Waals surface area contributed by atoms with E-state index < -0.39 is 4.92 Å². The zero-order valence-corrected chi connectivity index (χ0v) is 9.67. The van der Waals surface area contributed by atoms with Gasteiger partial charge in [0.2, 0.25) is 0 Å². The zero-order chi connectivity index (χ0) is 13.1. The summed E-state index contributed by atoms with van der Waals surface area (Å²) in [6.45, 7) is 0.444. The van der Waals surface area contributed by atoms with E-state index in [4.69, 9.17) is 11.5 Å². The molecule has 0 unspecified atom stereocenters. The number of hydrogen-bond acceptors (Lipinski definition) is 4. The first-order valence-corrected chi connectivity index (χ1v) is 5.45. The van der Waals surface area contributed by atoms with Gasteiger partial charge >= 0.3 is 0 Å². The van der Waals surface area contributed by atoms with E-state index in [0.29, 0.717) is 12.1 Å². The molecule has 2 rings (SSSR count). The summed E-state index contributed by atoms with van der Waals surface area (Å²) in [6.07, 6.45) is 0. The maximum absolute atomic E-state index is 11.0. The van der Waals surface area contributed by atoms with Crippen molar-refractivity contribution in [2.24, 2.45) is 5.73 Å². The van der Waals surface area contributed by atoms with Crippen molar-refractivity contribution in [1.82, 2.24) is 0 Å². The summed E-state index contributed by atoms with van der Waals surface area (Å²) < 4.78 is 0. The molecule has 0 aromatic heterocycles. The van der Waals surface area contributed by atoms with E-state index in [9.17, 15) is 10.1 Å². The van der Waals surface area contributed by atoms with Crippen molar-refractivity contribution in [1.29, 1.82) is 0 Å². The van der Waals surface area contributed by atoms with Crippen molar-refractivity contribution in [2.75, 3.05) is 5.73 Å². The lowest BCUT2D eigenvalue weighted by atomic mass is 10.0. The van der Waals surface area contributed by atoms with Crippen LogP contribution in [0.4, 0.5) is 11.4 Å². The summed E-state index contributed by atoms with van der Waals surface area (Å²) in [7, 11) is 0. The first kappa shape index (κ1) is 12.1. The molecule has 92 valence electrons. The van der Waals surface area contributed by atoms with E-state index in [1.54, 1.807) is 12.1 Å². The van der Waals surface area contributed by atoms with Gasteiger partial charge in [-0.1, -0.05) is 30.3 Å². The third-order valence-electron chi connectivity index (χ3n) is 2.75. The van der Waals surface area contributed by atoms with E-state index in [1.807, 2.05) is 24.3 Å². The number of rotatable bonds is 3. The Morgan fingerprint density at radius 1 is 1.11 bits per heavy atom. The topological polar surface area (TPSA) is 95.2 Å². The van der Waals surface area contributed by atoms with Crippen LogP contribution in [-0.4, -0.2) is 4.92 Å². The molecule has 0 aliphatic rings. The minimum atomic E-state index is -0.457. The van der Waals surface area contributed by atoms with Gasteiger partial charge in [-0.25, -0.2) is 0 Å². The van der Waals surface area contributed by atoms with Crippen LogP contribution in [0.1, 0.15) is 5.56 Å². The van der Waals surface area contributed by atoms with Gasteiger partial charge in [0, 0.05) is 6.54 Å². The number of anilines is 1. The molecule has 5 nitrogen and oxygen atoms in total. The molecular formula is C13H13N3O2. The molecule has 2 aromatic carbocycles. The number of nitro groups is 1. The summed E-state index contributed by atoms with van der Waals surface area (Å²) in [6, 6.07) is 12.2. The molecule has 0 amide bonds. The maximum atomic E-state index is 11.0. The molecule has 5 heteroatoms. The van der Waals surface area contributed by atoms with Crippen LogP contribution >= 0.6 is 0 Å². The summed E-state index contributed by atoms with van der Waals surface area (Å²) >= 11 is 0. The van der Waals surface area contributed by atoms with E-state index in [2.05, 4.69) is 0 Å². The minimum absolute atomic E-state index is 0.0574. The molecular weight excluding hydrogens is 230 g/mol. The van der Waals surface area contributed by atoms with Gasteiger partial charge in [-0.3, -0.25) is 10.1 Å². The fraction of sp³-hybridized carbons (Fsp3) is 0.0769. The maximum Gasteiger partial charge on any atom is 0.299 e. The average molecular weight is 243 g/mol. The van der Waals surface area contributed by atoms with Crippen LogP contribution in [0.2, 0.25) is 0 Å². The quantitative estimate of drug-likeness (QED) is 0.491. The highest BCUT2D eigenvalue weighted by Crippen LogP contribution is 2.34. The van der Waals surface area contributed by atoms with Crippen LogP contribution in [0.3, 0.4) is 0 Å². The SMILES string of the molecule is NCc1ccc(-c2cccc(N)c2[N+](=O)[O-])cc1. The Balaban J connectivity index is 2.56. The highest BCUT2D eigenvalue weighted by atomic mass is 16.6. The summed E-state index contributed by atoms with van der Waals surface area (Å²) in [5.74, 6) is 0. The molecule has 0 saturated heterocycles. The Morgan fingerprint density at radius 2 is 1.78 bits per heavy atom. The lowest BCUT2D eigenvalue weighted by Gasteiger charge is -2.06. The molecule has 0 atom stereocenters. The molecule has 0 fully saturated rings. The molecule has 0 aliphatic carbocycles. The number of para-hydroxylation sites is 1. The molecule has 0 saturated carbocycles. The van der Waals surface area contributed by atoms with Crippen molar-refractivity contribution in [3.05, 3.63) is 58.1 Å². The Morgan fingerprint density at radius 3 is 2.33 bits per heavy atom. The number of nitro benzene ring substituents is 1. The summed E-state index contributed by atoms with van der Waals surface area (Å²) in [5.41, 5.74) is 13.5. The smallest absolute Gasteiger partial charge is 0.299 e. The third kappa shape index (κ3) is 2.16. The fourth-order valence-corrected chi connectivity index (χ4v) is 1.82. The molecule has 18 heavy (non-hydrogen) atoms. The van der Waals surface area contributed by atoms with Crippen molar-refractivity contribution in [3.63, 3.8) is 0 Å². The number of hydrogen-bond donors (Lipinski definition) is 2. The van der Waals surface area contributed by atoms with Crippen molar-refractivity contribution in [2.45, 2.75) is 6.54 Å². The second-order valence-corrected chi connectivity index (χ2v) is 3.90. The molecule has 2 aromatic rings. The molecule has 0 heterocycles. The van der Waals surface area contributed by atoms with Gasteiger partial charge < -0.3 is 11.5 Å². The van der Waals surface area contributed by atoms with Crippen LogP contribution in [0, 0.1) is 10.1 Å². The largest absolute Gasteiger partial charge is 0.393 e. The summed E-state index contributed by atoms with van der Waals surface area (Å²) in [5, 5.41) is 11.0. The normalized spacial score (nSPS) is 10.3. The van der Waals surface area contributed by atoms with Crippen molar-refractivity contribution < 1.29 is 4.92 Å². The fourth-order valence-electron chi connectivity index (χ4n) is 1.82. The molecule has 0 aliphatic heterocycles. The second-order valence-electron chi connectivity index (χ2n) is 3.90. The Labute approximate surface area is 104 Å². The van der Waals surface area contributed by atoms with Gasteiger partial charge in [0.1, 0.15) is 5.69 Å². The predicted molar refractivity (Wildman–Crippen MR) is 70.8 cm³/mol. The van der Waals surface area contributed by atoms with Gasteiger partial charge in [-0.05, 0) is 23.3 Å². The highest BCUT2D eigenvalue weighted by molar-refractivity contribution is 5.81. The Bertz CT molecular complexity index is 579. The van der Waals surface area contributed by atoms with Gasteiger partial charge in [-0.15, -0.1) is 0 Å². The van der Waals surface area contributed by atoms with Gasteiger partial charge in [0.25, 0.3) is 5.69 Å². The van der Waals surface area contributed by atoms with Gasteiger partial charge in [-0.2, -0.15) is 0 Å². The van der Waals surface area contributed by atoms with Crippen LogP contribution in [0.25, 0.3) is 11.1 Å². The van der Waals surface area contributed by atoms with Gasteiger partial charge in [0.05, 0.1) is 10.5 Å². The minimum Gasteiger partial charge on any atom is -0.393 e. The third-order valence-corrected chi connectivity index (χ3v) is 2.75. The van der Waals surface area contributed by atoms with E-state index >= 15 is 0 Å². The van der Waals surface area contributed by atoms with E-state index in [1.165, 1.54) is 6.07 Å². The Hall–Kier alpha value is -2.40. The monoisotopic (exact) mass is 243 g/mol. The standard InChI is InChI=1S/C13H13N3O2/c14-8-9-4-6-10(7-5-9)11-2-1-3-12(15)13(11)16(17)18/h1-7H,8,14-15H2. The molecule has 0 spiro atoms. The molecule has 0 bridgehead atoms. The van der Waals surface area contributed by atoms with Crippen LogP contribution in [0.5, 0.6) is 0 Å². The first-order valence-electron chi connectivity index (χ1n) is 5.45. The van der Waals surface area contributed by atoms with Crippen LogP contribution in [-0.2, 0) is 6.54 Å². The zero-order valence-electron chi connectivity index (χ0n) is 9.67. The van der Waals surface area contributed by atoms with Crippen molar-refractivity contribution >= 4 is 11.4 Å². The van der Waals surface area contributed by atoms with E-state index in [0.717, 1.165) is 11.1 Å². The van der Waals surface area contributed by atoms with E-state index in [-0.39, 0.29) is 11.4 Å². The van der Waals surface area contributed by atoms with Crippen LogP contribution < -0.4 is 11.5 Å². The number of nitrogens with two attached hydrogens (primary N) is 2. The highest BCUT2D eigenvalue weighted by Gasteiger charge is 2.18. The van der Waals surface area contributed by atoms with Gasteiger partial charge in [0.15, 0.2) is 0 Å². The number of benzene rings is 2. The number of nitrogens with zero attached hydrogens (tertiary/aromatic N) is 1. The molecule has 0 radical (unpaired) electrons. The van der Waals surface area contributed by atoms with Crippen LogP contribution in [0.15, 0.2) is 42.5 Å². The predicted octanol–water partition coefficient (Wildman–Crippen LogP) is 2.30. The lowest BCUT2D eigenvalue weighted by molar-refractivity contribution is -0.383. The number of nitrogen functional groups attached to an aromatic ring is 1. The second kappa shape index (κ2) is 4.85. The molecule has 4 N–H and O–H groups in total. The Kier molecular flexibility index (Phi) is 3.25. The average Bonchev–Trinajstić information content (AvgIpc) is 2.38. The summed E-state index contributed by atoms with van der Waals surface area (Å²) in [4.78, 5) is 10.6. The van der Waals surface area contributed by atoms with Crippen molar-refractivity contribution in [3.8, 4) is 11.1 Å². The lowest BCUT2D eigenvalue weighted by Crippen LogP contribution is -1.98.